The molecule has 0 aliphatic carbocycles. The second-order valence-corrected chi connectivity index (χ2v) is 5.72. The zero-order chi connectivity index (χ0) is 16.1. The summed E-state index contributed by atoms with van der Waals surface area (Å²) in [4.78, 5) is 12.3. The third-order valence-electron chi connectivity index (χ3n) is 4.13. The summed E-state index contributed by atoms with van der Waals surface area (Å²) in [6, 6.07) is 15.3. The molecule has 0 unspecified atom stereocenters. The molecule has 1 heterocycles. The van der Waals surface area contributed by atoms with Gasteiger partial charge in [-0.3, -0.25) is 4.79 Å². The van der Waals surface area contributed by atoms with Crippen molar-refractivity contribution in [2.45, 2.75) is 19.3 Å². The van der Waals surface area contributed by atoms with Gasteiger partial charge in [-0.2, -0.15) is 0 Å². The van der Waals surface area contributed by atoms with Crippen molar-refractivity contribution in [3.63, 3.8) is 0 Å². The molecule has 23 heavy (non-hydrogen) atoms. The maximum absolute atomic E-state index is 12.3. The summed E-state index contributed by atoms with van der Waals surface area (Å²) < 4.78 is 5.38. The first-order chi connectivity index (χ1) is 11.3. The van der Waals surface area contributed by atoms with E-state index in [1.54, 1.807) is 12.1 Å². The molecule has 1 aliphatic rings. The van der Waals surface area contributed by atoms with Gasteiger partial charge in [-0.25, -0.2) is 0 Å². The van der Waals surface area contributed by atoms with Crippen LogP contribution in [0.25, 0.3) is 0 Å². The number of benzene rings is 2. The Kier molecular flexibility index (Phi) is 4.93. The number of hydrogen-bond donors (Lipinski definition) is 2. The summed E-state index contributed by atoms with van der Waals surface area (Å²) >= 11 is 0. The molecular formula is C19H22N2O2. The number of rotatable bonds is 5. The Morgan fingerprint density at radius 1 is 1.17 bits per heavy atom. The van der Waals surface area contributed by atoms with Gasteiger partial charge in [0.15, 0.2) is 0 Å². The lowest BCUT2D eigenvalue weighted by Gasteiger charge is -2.11. The summed E-state index contributed by atoms with van der Waals surface area (Å²) in [5.41, 5.74) is 2.77. The predicted octanol–water partition coefficient (Wildman–Crippen LogP) is 3.41. The smallest absolute Gasteiger partial charge is 0.255 e. The molecule has 1 saturated heterocycles. The summed E-state index contributed by atoms with van der Waals surface area (Å²) in [6.45, 7) is 4.68. The molecule has 0 bridgehead atoms. The Balaban J connectivity index is 1.62. The van der Waals surface area contributed by atoms with Crippen molar-refractivity contribution in [1.82, 2.24) is 5.32 Å². The van der Waals surface area contributed by atoms with Crippen LogP contribution >= 0.6 is 0 Å². The van der Waals surface area contributed by atoms with Gasteiger partial charge in [-0.05, 0) is 67.8 Å². The van der Waals surface area contributed by atoms with Gasteiger partial charge in [0.1, 0.15) is 5.75 Å². The monoisotopic (exact) mass is 310 g/mol. The normalized spacial score (nSPS) is 17.0. The van der Waals surface area contributed by atoms with Crippen LogP contribution in [0, 0.1) is 0 Å². The van der Waals surface area contributed by atoms with E-state index in [1.807, 2.05) is 31.2 Å². The van der Waals surface area contributed by atoms with Gasteiger partial charge in [0.2, 0.25) is 0 Å². The average molecular weight is 310 g/mol. The third-order valence-corrected chi connectivity index (χ3v) is 4.13. The van der Waals surface area contributed by atoms with Crippen LogP contribution in [0.3, 0.4) is 0 Å². The lowest BCUT2D eigenvalue weighted by atomic mass is 9.98. The Morgan fingerprint density at radius 2 is 1.91 bits per heavy atom. The molecule has 0 saturated carbocycles. The van der Waals surface area contributed by atoms with Crippen LogP contribution in [0.15, 0.2) is 48.5 Å². The molecule has 4 heteroatoms. The van der Waals surface area contributed by atoms with Gasteiger partial charge in [0.05, 0.1) is 6.61 Å². The second kappa shape index (κ2) is 7.29. The van der Waals surface area contributed by atoms with E-state index < -0.39 is 0 Å². The standard InChI is InChI=1S/C19H22N2O2/c1-2-23-18-9-5-15(6-10-18)19(22)21-17-7-3-14(4-8-17)16-11-12-20-13-16/h3-10,16,20H,2,11-13H2,1H3,(H,21,22)/t16-/m0/s1. The molecule has 120 valence electrons. The first-order valence-electron chi connectivity index (χ1n) is 8.11. The minimum absolute atomic E-state index is 0.108. The fraction of sp³-hybridized carbons (Fsp3) is 0.316. The number of carbonyl (C=O) groups excluding carboxylic acids is 1. The zero-order valence-electron chi connectivity index (χ0n) is 13.3. The number of anilines is 1. The molecule has 0 radical (unpaired) electrons. The molecule has 4 nitrogen and oxygen atoms in total. The minimum atomic E-state index is -0.108. The van der Waals surface area contributed by atoms with Crippen molar-refractivity contribution in [3.05, 3.63) is 59.7 Å². The number of hydrogen-bond acceptors (Lipinski definition) is 3. The van der Waals surface area contributed by atoms with Crippen molar-refractivity contribution >= 4 is 11.6 Å². The van der Waals surface area contributed by atoms with E-state index in [1.165, 1.54) is 12.0 Å². The Labute approximate surface area is 136 Å². The van der Waals surface area contributed by atoms with Gasteiger partial charge in [-0.1, -0.05) is 12.1 Å². The van der Waals surface area contributed by atoms with Crippen LogP contribution in [0.5, 0.6) is 5.75 Å². The fourth-order valence-corrected chi connectivity index (χ4v) is 2.85. The molecule has 2 aromatic rings. The molecule has 1 atom stereocenters. The topological polar surface area (TPSA) is 50.4 Å². The summed E-state index contributed by atoms with van der Waals surface area (Å²) in [5.74, 6) is 1.26. The molecule has 2 N–H and O–H groups in total. The van der Waals surface area contributed by atoms with Crippen LogP contribution in [0.1, 0.15) is 35.2 Å². The van der Waals surface area contributed by atoms with E-state index >= 15 is 0 Å². The van der Waals surface area contributed by atoms with Crippen molar-refractivity contribution in [2.24, 2.45) is 0 Å². The van der Waals surface area contributed by atoms with Gasteiger partial charge in [0, 0.05) is 17.8 Å². The maximum atomic E-state index is 12.3. The van der Waals surface area contributed by atoms with E-state index in [2.05, 4.69) is 22.8 Å². The fourth-order valence-electron chi connectivity index (χ4n) is 2.85. The quantitative estimate of drug-likeness (QED) is 0.890. The van der Waals surface area contributed by atoms with Gasteiger partial charge >= 0.3 is 0 Å². The van der Waals surface area contributed by atoms with E-state index in [9.17, 15) is 4.79 Å². The van der Waals surface area contributed by atoms with E-state index in [0.717, 1.165) is 24.5 Å². The van der Waals surface area contributed by atoms with Crippen LogP contribution in [-0.2, 0) is 0 Å². The van der Waals surface area contributed by atoms with E-state index in [4.69, 9.17) is 4.74 Å². The van der Waals surface area contributed by atoms with Crippen molar-refractivity contribution < 1.29 is 9.53 Å². The Hall–Kier alpha value is -2.33. The largest absolute Gasteiger partial charge is 0.494 e. The van der Waals surface area contributed by atoms with Crippen molar-refractivity contribution in [1.29, 1.82) is 0 Å². The summed E-state index contributed by atoms with van der Waals surface area (Å²) in [7, 11) is 0. The van der Waals surface area contributed by atoms with Crippen molar-refractivity contribution in [3.8, 4) is 5.75 Å². The second-order valence-electron chi connectivity index (χ2n) is 5.72. The van der Waals surface area contributed by atoms with Crippen LogP contribution in [0.4, 0.5) is 5.69 Å². The molecule has 3 rings (SSSR count). The molecule has 1 amide bonds. The highest BCUT2D eigenvalue weighted by Crippen LogP contribution is 2.23. The summed E-state index contributed by atoms with van der Waals surface area (Å²) in [5, 5.41) is 6.30. The highest BCUT2D eigenvalue weighted by molar-refractivity contribution is 6.04. The van der Waals surface area contributed by atoms with E-state index in [-0.39, 0.29) is 5.91 Å². The number of amides is 1. The number of ether oxygens (including phenoxy) is 1. The number of carbonyl (C=O) groups is 1. The van der Waals surface area contributed by atoms with Crippen LogP contribution < -0.4 is 15.4 Å². The lowest BCUT2D eigenvalue weighted by molar-refractivity contribution is 0.102. The molecule has 2 aromatic carbocycles. The van der Waals surface area contributed by atoms with Crippen LogP contribution in [0.2, 0.25) is 0 Å². The molecule has 0 aromatic heterocycles. The summed E-state index contributed by atoms with van der Waals surface area (Å²) in [6.07, 6.45) is 1.18. The number of nitrogens with one attached hydrogen (secondary N) is 2. The third kappa shape index (κ3) is 3.90. The van der Waals surface area contributed by atoms with Crippen molar-refractivity contribution in [2.75, 3.05) is 25.0 Å². The highest BCUT2D eigenvalue weighted by atomic mass is 16.5. The Morgan fingerprint density at radius 3 is 2.52 bits per heavy atom. The first kappa shape index (κ1) is 15.6. The minimum Gasteiger partial charge on any atom is -0.494 e. The first-order valence-corrected chi connectivity index (χ1v) is 8.11. The maximum Gasteiger partial charge on any atom is 0.255 e. The molecule has 1 aliphatic heterocycles. The van der Waals surface area contributed by atoms with Gasteiger partial charge in [0.25, 0.3) is 5.91 Å². The zero-order valence-corrected chi connectivity index (χ0v) is 13.3. The van der Waals surface area contributed by atoms with Crippen LogP contribution in [-0.4, -0.2) is 25.6 Å². The van der Waals surface area contributed by atoms with Gasteiger partial charge in [-0.15, -0.1) is 0 Å². The predicted molar refractivity (Wildman–Crippen MR) is 92.2 cm³/mol. The lowest BCUT2D eigenvalue weighted by Crippen LogP contribution is -2.12. The SMILES string of the molecule is CCOc1ccc(C(=O)Nc2ccc([C@H]3CCNC3)cc2)cc1. The molecule has 1 fully saturated rings. The molecular weight excluding hydrogens is 288 g/mol. The average Bonchev–Trinajstić information content (AvgIpc) is 3.11. The van der Waals surface area contributed by atoms with E-state index in [0.29, 0.717) is 18.1 Å². The molecule has 0 spiro atoms. The highest BCUT2D eigenvalue weighted by Gasteiger charge is 2.16. The van der Waals surface area contributed by atoms with Gasteiger partial charge < -0.3 is 15.4 Å². The Bertz CT molecular complexity index is 644.